The number of carbonyl (C=O) groups is 2. The van der Waals surface area contributed by atoms with E-state index in [2.05, 4.69) is 15.1 Å². The molecule has 0 unspecified atom stereocenters. The molecule has 0 aromatic carbocycles. The summed E-state index contributed by atoms with van der Waals surface area (Å²) in [6.45, 7) is 0.398. The van der Waals surface area contributed by atoms with Crippen molar-refractivity contribution in [2.24, 2.45) is 11.8 Å². The Balaban J connectivity index is 1.35. The van der Waals surface area contributed by atoms with Crippen LogP contribution in [-0.4, -0.2) is 38.4 Å². The number of hydrogen-bond donors (Lipinski definition) is 0. The lowest BCUT2D eigenvalue weighted by Crippen LogP contribution is -2.32. The van der Waals surface area contributed by atoms with Crippen LogP contribution in [0.3, 0.4) is 0 Å². The number of aromatic nitrogens is 3. The Morgan fingerprint density at radius 1 is 1.16 bits per heavy atom. The van der Waals surface area contributed by atoms with Crippen LogP contribution in [0.5, 0.6) is 0 Å². The molecular formula is C18H18N4O3. The average molecular weight is 338 g/mol. The molecule has 1 aliphatic carbocycles. The Morgan fingerprint density at radius 3 is 2.60 bits per heavy atom. The number of imide groups is 1. The van der Waals surface area contributed by atoms with Gasteiger partial charge in [0.2, 0.25) is 23.5 Å². The van der Waals surface area contributed by atoms with Gasteiger partial charge in [0.25, 0.3) is 0 Å². The lowest BCUT2D eigenvalue weighted by atomic mass is 9.85. The average Bonchev–Trinajstić information content (AvgIpc) is 3.22. The van der Waals surface area contributed by atoms with Gasteiger partial charge in [0.1, 0.15) is 0 Å². The molecule has 2 atom stereocenters. The largest absolute Gasteiger partial charge is 0.339 e. The summed E-state index contributed by atoms with van der Waals surface area (Å²) >= 11 is 0. The molecule has 128 valence electrons. The summed E-state index contributed by atoms with van der Waals surface area (Å²) in [5.74, 6) is 0.573. The van der Waals surface area contributed by atoms with Gasteiger partial charge in [0.15, 0.2) is 0 Å². The molecule has 7 nitrogen and oxygen atoms in total. The standard InChI is InChI=1S/C18H18N4O3/c23-17-13-6-1-2-7-14(13)18(24)22(17)10-4-8-15-20-16(21-25-15)12-5-3-9-19-11-12/h1-3,5,9,11,13-14H,4,6-8,10H2/t13-,14-/m1/s1. The molecule has 0 spiro atoms. The molecule has 2 aromatic heterocycles. The fourth-order valence-corrected chi connectivity index (χ4v) is 3.45. The second-order valence-electron chi connectivity index (χ2n) is 6.34. The van der Waals surface area contributed by atoms with Gasteiger partial charge < -0.3 is 4.52 Å². The van der Waals surface area contributed by atoms with E-state index in [1.54, 1.807) is 12.4 Å². The Hall–Kier alpha value is -2.83. The Bertz CT molecular complexity index is 789. The van der Waals surface area contributed by atoms with Crippen molar-refractivity contribution < 1.29 is 14.1 Å². The minimum absolute atomic E-state index is 0.0408. The van der Waals surface area contributed by atoms with Crippen LogP contribution in [0.25, 0.3) is 11.4 Å². The fourth-order valence-electron chi connectivity index (χ4n) is 3.45. The van der Waals surface area contributed by atoms with Gasteiger partial charge in [-0.05, 0) is 31.4 Å². The summed E-state index contributed by atoms with van der Waals surface area (Å²) in [4.78, 5) is 34.6. The molecule has 25 heavy (non-hydrogen) atoms. The maximum Gasteiger partial charge on any atom is 0.233 e. The highest BCUT2D eigenvalue weighted by molar-refractivity contribution is 6.05. The van der Waals surface area contributed by atoms with Crippen LogP contribution in [0, 0.1) is 11.8 Å². The summed E-state index contributed by atoms with van der Waals surface area (Å²) in [5.41, 5.74) is 0.791. The number of rotatable bonds is 5. The summed E-state index contributed by atoms with van der Waals surface area (Å²) in [6, 6.07) is 3.67. The van der Waals surface area contributed by atoms with Crippen LogP contribution in [0.1, 0.15) is 25.2 Å². The van der Waals surface area contributed by atoms with Gasteiger partial charge in [-0.3, -0.25) is 19.5 Å². The lowest BCUT2D eigenvalue weighted by molar-refractivity contribution is -0.139. The monoisotopic (exact) mass is 338 g/mol. The number of carbonyl (C=O) groups excluding carboxylic acids is 2. The fraction of sp³-hybridized carbons (Fsp3) is 0.389. The number of likely N-dealkylation sites (tertiary alicyclic amines) is 1. The topological polar surface area (TPSA) is 89.2 Å². The van der Waals surface area contributed by atoms with Gasteiger partial charge in [0, 0.05) is 30.9 Å². The Morgan fingerprint density at radius 2 is 1.92 bits per heavy atom. The van der Waals surface area contributed by atoms with Crippen molar-refractivity contribution in [2.75, 3.05) is 6.54 Å². The smallest absolute Gasteiger partial charge is 0.233 e. The first-order chi connectivity index (χ1) is 12.2. The molecule has 0 saturated carbocycles. The van der Waals surface area contributed by atoms with Crippen LogP contribution >= 0.6 is 0 Å². The minimum Gasteiger partial charge on any atom is -0.339 e. The van der Waals surface area contributed by atoms with Crippen molar-refractivity contribution >= 4 is 11.8 Å². The second kappa shape index (κ2) is 6.58. The van der Waals surface area contributed by atoms with Crippen LogP contribution in [0.15, 0.2) is 41.2 Å². The van der Waals surface area contributed by atoms with Gasteiger partial charge in [-0.1, -0.05) is 17.3 Å². The zero-order valence-electron chi connectivity index (χ0n) is 13.7. The summed E-state index contributed by atoms with van der Waals surface area (Å²) in [7, 11) is 0. The normalized spacial score (nSPS) is 22.5. The quantitative estimate of drug-likeness (QED) is 0.612. The van der Waals surface area contributed by atoms with Crippen molar-refractivity contribution in [1.29, 1.82) is 0 Å². The minimum atomic E-state index is -0.168. The molecule has 7 heteroatoms. The number of allylic oxidation sites excluding steroid dienone is 2. The third-order valence-corrected chi connectivity index (χ3v) is 4.76. The summed E-state index contributed by atoms with van der Waals surface area (Å²) in [5, 5.41) is 3.94. The zero-order valence-corrected chi connectivity index (χ0v) is 13.7. The van der Waals surface area contributed by atoms with E-state index in [1.807, 2.05) is 24.3 Å². The maximum absolute atomic E-state index is 12.4. The van der Waals surface area contributed by atoms with Gasteiger partial charge >= 0.3 is 0 Å². The van der Waals surface area contributed by atoms with E-state index >= 15 is 0 Å². The van der Waals surface area contributed by atoms with E-state index in [9.17, 15) is 9.59 Å². The summed E-state index contributed by atoms with van der Waals surface area (Å²) in [6.07, 6.45) is 9.82. The predicted octanol–water partition coefficient (Wildman–Crippen LogP) is 2.02. The van der Waals surface area contributed by atoms with E-state index in [4.69, 9.17) is 4.52 Å². The maximum atomic E-state index is 12.4. The lowest BCUT2D eigenvalue weighted by Gasteiger charge is -2.14. The number of amides is 2. The number of fused-ring (bicyclic) bond motifs is 1. The van der Waals surface area contributed by atoms with Gasteiger partial charge in [-0.15, -0.1) is 0 Å². The van der Waals surface area contributed by atoms with E-state index in [0.717, 1.165) is 5.56 Å². The molecule has 4 rings (SSSR count). The number of aryl methyl sites for hydroxylation is 1. The zero-order chi connectivity index (χ0) is 17.2. The van der Waals surface area contributed by atoms with Crippen LogP contribution in [-0.2, 0) is 16.0 Å². The number of pyridine rings is 1. The third-order valence-electron chi connectivity index (χ3n) is 4.76. The molecule has 1 aliphatic heterocycles. The van der Waals surface area contributed by atoms with Crippen molar-refractivity contribution in [3.63, 3.8) is 0 Å². The Kier molecular flexibility index (Phi) is 4.13. The second-order valence-corrected chi connectivity index (χ2v) is 6.34. The van der Waals surface area contributed by atoms with E-state index < -0.39 is 0 Å². The SMILES string of the molecule is O=C1[C@@H]2CC=CC[C@H]2C(=O)N1CCCc1nc(-c2cccnc2)no1. The van der Waals surface area contributed by atoms with Gasteiger partial charge in [-0.25, -0.2) is 0 Å². The highest BCUT2D eigenvalue weighted by Crippen LogP contribution is 2.35. The van der Waals surface area contributed by atoms with E-state index in [0.29, 0.717) is 43.9 Å². The first kappa shape index (κ1) is 15.7. The van der Waals surface area contributed by atoms with E-state index in [-0.39, 0.29) is 23.7 Å². The predicted molar refractivity (Wildman–Crippen MR) is 87.9 cm³/mol. The van der Waals surface area contributed by atoms with Crippen molar-refractivity contribution in [2.45, 2.75) is 25.7 Å². The molecular weight excluding hydrogens is 320 g/mol. The van der Waals surface area contributed by atoms with Crippen LogP contribution < -0.4 is 0 Å². The highest BCUT2D eigenvalue weighted by atomic mass is 16.5. The first-order valence-corrected chi connectivity index (χ1v) is 8.47. The molecule has 2 aliphatic rings. The third kappa shape index (κ3) is 2.97. The molecule has 2 aromatic rings. The molecule has 2 amide bonds. The van der Waals surface area contributed by atoms with Crippen LogP contribution in [0.2, 0.25) is 0 Å². The summed E-state index contributed by atoms with van der Waals surface area (Å²) < 4.78 is 5.24. The molecule has 0 N–H and O–H groups in total. The Labute approximate surface area is 144 Å². The van der Waals surface area contributed by atoms with Crippen molar-refractivity contribution in [1.82, 2.24) is 20.0 Å². The molecule has 1 fully saturated rings. The number of nitrogens with zero attached hydrogens (tertiary/aromatic N) is 4. The van der Waals surface area contributed by atoms with Gasteiger partial charge in [-0.2, -0.15) is 4.98 Å². The molecule has 0 radical (unpaired) electrons. The molecule has 3 heterocycles. The number of hydrogen-bond acceptors (Lipinski definition) is 6. The molecule has 0 bridgehead atoms. The van der Waals surface area contributed by atoms with E-state index in [1.165, 1.54) is 4.90 Å². The first-order valence-electron chi connectivity index (χ1n) is 8.47. The highest BCUT2D eigenvalue weighted by Gasteiger charge is 2.46. The van der Waals surface area contributed by atoms with Gasteiger partial charge in [0.05, 0.1) is 11.8 Å². The van der Waals surface area contributed by atoms with Crippen molar-refractivity contribution in [3.8, 4) is 11.4 Å². The van der Waals surface area contributed by atoms with Crippen molar-refractivity contribution in [3.05, 3.63) is 42.6 Å². The molecule has 1 saturated heterocycles. The van der Waals surface area contributed by atoms with Crippen LogP contribution in [0.4, 0.5) is 0 Å².